The summed E-state index contributed by atoms with van der Waals surface area (Å²) in [5.41, 5.74) is 5.63. The fourth-order valence-electron chi connectivity index (χ4n) is 3.61. The second kappa shape index (κ2) is 6.00. The third-order valence-electron chi connectivity index (χ3n) is 4.97. The molecule has 0 fully saturated rings. The maximum Gasteiger partial charge on any atom is 0.228 e. The Morgan fingerprint density at radius 2 is 2.24 bits per heavy atom. The van der Waals surface area contributed by atoms with Crippen molar-refractivity contribution in [1.82, 2.24) is 24.1 Å². The number of imidazole rings is 1. The number of aliphatic hydroxyl groups excluding tert-OH is 1. The highest BCUT2D eigenvalue weighted by Crippen LogP contribution is 2.23. The van der Waals surface area contributed by atoms with E-state index in [1.54, 1.807) is 6.20 Å². The number of rotatable bonds is 3. The van der Waals surface area contributed by atoms with E-state index in [0.29, 0.717) is 25.2 Å². The highest BCUT2D eigenvalue weighted by atomic mass is 16.3. The lowest BCUT2D eigenvalue weighted by atomic mass is 10.0. The van der Waals surface area contributed by atoms with Crippen LogP contribution >= 0.6 is 0 Å². The largest absolute Gasteiger partial charge is 0.390 e. The maximum absolute atomic E-state index is 12.8. The van der Waals surface area contributed by atoms with Gasteiger partial charge in [-0.1, -0.05) is 6.07 Å². The minimum absolute atomic E-state index is 0.0710. The van der Waals surface area contributed by atoms with Crippen LogP contribution < -0.4 is 0 Å². The molecule has 0 atom stereocenters. The number of hydrogen-bond donors (Lipinski definition) is 1. The molecule has 7 nitrogen and oxygen atoms in total. The predicted octanol–water partition coefficient (Wildman–Crippen LogP) is 0.996. The Balaban J connectivity index is 1.56. The van der Waals surface area contributed by atoms with Crippen LogP contribution in [0, 0.1) is 6.92 Å². The van der Waals surface area contributed by atoms with Crippen LogP contribution in [-0.4, -0.2) is 41.6 Å². The SMILES string of the molecule is Cc1cccn2c(CC(=O)N3CCc4c(c(CO)nn4C)C3)cnc12. The van der Waals surface area contributed by atoms with E-state index in [1.807, 2.05) is 46.3 Å². The molecule has 0 spiro atoms. The number of aromatic nitrogens is 4. The normalized spacial score (nSPS) is 14.1. The van der Waals surface area contributed by atoms with E-state index >= 15 is 0 Å². The number of hydrogen-bond acceptors (Lipinski definition) is 4. The van der Waals surface area contributed by atoms with Crippen molar-refractivity contribution >= 4 is 11.6 Å². The molecule has 3 aromatic heterocycles. The fraction of sp³-hybridized carbons (Fsp3) is 0.389. The van der Waals surface area contributed by atoms with E-state index < -0.39 is 0 Å². The van der Waals surface area contributed by atoms with E-state index in [1.165, 1.54) is 0 Å². The number of carbonyl (C=O) groups excluding carboxylic acids is 1. The first-order valence-corrected chi connectivity index (χ1v) is 8.42. The van der Waals surface area contributed by atoms with Crippen LogP contribution in [0.1, 0.15) is 28.2 Å². The second-order valence-corrected chi connectivity index (χ2v) is 6.53. The summed E-state index contributed by atoms with van der Waals surface area (Å²) in [6.07, 6.45) is 4.79. The molecule has 3 aromatic rings. The molecule has 0 saturated carbocycles. The minimum atomic E-state index is -0.0995. The zero-order chi connectivity index (χ0) is 17.6. The van der Waals surface area contributed by atoms with Gasteiger partial charge in [0.05, 0.1) is 24.4 Å². The molecule has 0 bridgehead atoms. The summed E-state index contributed by atoms with van der Waals surface area (Å²) < 4.78 is 3.79. The molecular formula is C18H21N5O2. The van der Waals surface area contributed by atoms with Gasteiger partial charge in [-0.05, 0) is 18.6 Å². The molecule has 0 aliphatic carbocycles. The van der Waals surface area contributed by atoms with Crippen molar-refractivity contribution in [3.05, 3.63) is 52.7 Å². The molecular weight excluding hydrogens is 318 g/mol. The Labute approximate surface area is 145 Å². The molecule has 1 aliphatic rings. The van der Waals surface area contributed by atoms with Crippen molar-refractivity contribution in [3.63, 3.8) is 0 Å². The number of pyridine rings is 1. The van der Waals surface area contributed by atoms with Crippen molar-refractivity contribution in [2.24, 2.45) is 7.05 Å². The molecule has 0 saturated heterocycles. The average molecular weight is 339 g/mol. The first-order chi connectivity index (χ1) is 12.1. The standard InChI is InChI=1S/C18H21N5O2/c1-12-4-3-6-23-13(9-19-18(12)23)8-17(25)22-7-5-16-14(10-22)15(11-24)20-21(16)2/h3-4,6,9,24H,5,7-8,10-11H2,1-2H3. The van der Waals surface area contributed by atoms with Crippen LogP contribution in [0.5, 0.6) is 0 Å². The highest BCUT2D eigenvalue weighted by Gasteiger charge is 2.26. The van der Waals surface area contributed by atoms with Crippen molar-refractivity contribution in [1.29, 1.82) is 0 Å². The number of amides is 1. The van der Waals surface area contributed by atoms with Gasteiger partial charge in [-0.25, -0.2) is 4.98 Å². The minimum Gasteiger partial charge on any atom is -0.390 e. The van der Waals surface area contributed by atoms with Crippen LogP contribution in [0.15, 0.2) is 24.5 Å². The topological polar surface area (TPSA) is 75.7 Å². The van der Waals surface area contributed by atoms with Crippen molar-refractivity contribution in [3.8, 4) is 0 Å². The maximum atomic E-state index is 12.8. The first-order valence-electron chi connectivity index (χ1n) is 8.42. The lowest BCUT2D eigenvalue weighted by Crippen LogP contribution is -2.37. The molecule has 25 heavy (non-hydrogen) atoms. The van der Waals surface area contributed by atoms with Crippen LogP contribution in [-0.2, 0) is 37.8 Å². The molecule has 7 heteroatoms. The molecule has 1 amide bonds. The molecule has 4 heterocycles. The number of aryl methyl sites for hydroxylation is 2. The summed E-state index contributed by atoms with van der Waals surface area (Å²) in [4.78, 5) is 19.1. The van der Waals surface area contributed by atoms with Crippen LogP contribution in [0.4, 0.5) is 0 Å². The van der Waals surface area contributed by atoms with Crippen LogP contribution in [0.25, 0.3) is 5.65 Å². The van der Waals surface area contributed by atoms with E-state index in [4.69, 9.17) is 0 Å². The lowest BCUT2D eigenvalue weighted by molar-refractivity contribution is -0.131. The zero-order valence-electron chi connectivity index (χ0n) is 14.4. The van der Waals surface area contributed by atoms with Crippen molar-refractivity contribution in [2.75, 3.05) is 6.54 Å². The molecule has 130 valence electrons. The van der Waals surface area contributed by atoms with Crippen molar-refractivity contribution in [2.45, 2.75) is 32.9 Å². The Morgan fingerprint density at radius 3 is 3.04 bits per heavy atom. The van der Waals surface area contributed by atoms with E-state index in [9.17, 15) is 9.90 Å². The van der Waals surface area contributed by atoms with Gasteiger partial charge in [0.15, 0.2) is 0 Å². The van der Waals surface area contributed by atoms with Gasteiger partial charge in [-0.2, -0.15) is 5.10 Å². The van der Waals surface area contributed by atoms with Gasteiger partial charge < -0.3 is 14.4 Å². The summed E-state index contributed by atoms with van der Waals surface area (Å²) in [5, 5.41) is 13.8. The van der Waals surface area contributed by atoms with Gasteiger partial charge in [0.2, 0.25) is 5.91 Å². The summed E-state index contributed by atoms with van der Waals surface area (Å²) in [6.45, 7) is 3.09. The summed E-state index contributed by atoms with van der Waals surface area (Å²) in [7, 11) is 1.89. The smallest absolute Gasteiger partial charge is 0.228 e. The van der Waals surface area contributed by atoms with Crippen molar-refractivity contribution < 1.29 is 9.90 Å². The third-order valence-corrected chi connectivity index (χ3v) is 4.97. The summed E-state index contributed by atoms with van der Waals surface area (Å²) >= 11 is 0. The van der Waals surface area contributed by atoms with Gasteiger partial charge in [0.25, 0.3) is 0 Å². The van der Waals surface area contributed by atoms with Gasteiger partial charge in [0.1, 0.15) is 5.65 Å². The molecule has 1 N–H and O–H groups in total. The number of fused-ring (bicyclic) bond motifs is 2. The van der Waals surface area contributed by atoms with Crippen LogP contribution in [0.3, 0.4) is 0 Å². The Kier molecular flexibility index (Phi) is 3.80. The quantitative estimate of drug-likeness (QED) is 0.772. The third kappa shape index (κ3) is 2.60. The molecule has 0 radical (unpaired) electrons. The number of carbonyl (C=O) groups is 1. The highest BCUT2D eigenvalue weighted by molar-refractivity contribution is 5.79. The first kappa shape index (κ1) is 15.8. The summed E-state index contributed by atoms with van der Waals surface area (Å²) in [6, 6.07) is 3.98. The van der Waals surface area contributed by atoms with E-state index in [2.05, 4.69) is 10.1 Å². The van der Waals surface area contributed by atoms with Gasteiger partial charge >= 0.3 is 0 Å². The van der Waals surface area contributed by atoms with E-state index in [-0.39, 0.29) is 12.5 Å². The molecule has 1 aliphatic heterocycles. The second-order valence-electron chi connectivity index (χ2n) is 6.53. The number of nitrogens with zero attached hydrogens (tertiary/aromatic N) is 5. The Morgan fingerprint density at radius 1 is 1.40 bits per heavy atom. The Bertz CT molecular complexity index is 956. The monoisotopic (exact) mass is 339 g/mol. The fourth-order valence-corrected chi connectivity index (χ4v) is 3.61. The van der Waals surface area contributed by atoms with E-state index in [0.717, 1.165) is 34.6 Å². The zero-order valence-corrected chi connectivity index (χ0v) is 14.4. The van der Waals surface area contributed by atoms with Gasteiger partial charge in [0, 0.05) is 50.2 Å². The average Bonchev–Trinajstić information content (AvgIpc) is 3.17. The molecule has 0 aromatic carbocycles. The molecule has 0 unspecified atom stereocenters. The van der Waals surface area contributed by atoms with Gasteiger partial charge in [-0.15, -0.1) is 0 Å². The number of aliphatic hydroxyl groups is 1. The Hall–Kier alpha value is -2.67. The summed E-state index contributed by atoms with van der Waals surface area (Å²) in [5.74, 6) is 0.0710. The van der Waals surface area contributed by atoms with Crippen LogP contribution in [0.2, 0.25) is 0 Å². The molecule has 4 rings (SSSR count). The van der Waals surface area contributed by atoms with Gasteiger partial charge in [-0.3, -0.25) is 9.48 Å². The lowest BCUT2D eigenvalue weighted by Gasteiger charge is -2.27. The predicted molar refractivity (Wildman–Crippen MR) is 91.9 cm³/mol.